The van der Waals surface area contributed by atoms with Crippen LogP contribution in [0.25, 0.3) is 10.4 Å². The molecule has 0 radical (unpaired) electrons. The number of benzene rings is 2. The van der Waals surface area contributed by atoms with Gasteiger partial charge in [-0.05, 0) is 61.1 Å². The molecule has 2 heterocycles. The maximum absolute atomic E-state index is 12.6. The molecule has 0 spiro atoms. The Morgan fingerprint density at radius 3 is 2.03 bits per heavy atom. The zero-order valence-corrected chi connectivity index (χ0v) is 18.5. The van der Waals surface area contributed by atoms with Crippen molar-refractivity contribution < 1.29 is 9.59 Å². The van der Waals surface area contributed by atoms with Crippen LogP contribution in [0.3, 0.4) is 0 Å². The fraction of sp³-hybridized carbons (Fsp3) is 0.250. The Labute approximate surface area is 186 Å². The summed E-state index contributed by atoms with van der Waals surface area (Å²) >= 11 is 1.48. The van der Waals surface area contributed by atoms with Gasteiger partial charge in [0, 0.05) is 55.0 Å². The van der Waals surface area contributed by atoms with Crippen LogP contribution in [-0.2, 0) is 4.79 Å². The zero-order chi connectivity index (χ0) is 21.8. The summed E-state index contributed by atoms with van der Waals surface area (Å²) in [6, 6.07) is 19.5. The second-order valence-corrected chi connectivity index (χ2v) is 8.80. The molecular weight excluding hydrogens is 408 g/mol. The van der Waals surface area contributed by atoms with Gasteiger partial charge in [0.05, 0.1) is 4.88 Å². The van der Waals surface area contributed by atoms with Gasteiger partial charge in [-0.2, -0.15) is 0 Å². The summed E-state index contributed by atoms with van der Waals surface area (Å²) < 4.78 is 0. The molecule has 1 aliphatic rings. The molecule has 1 fully saturated rings. The van der Waals surface area contributed by atoms with Gasteiger partial charge in [-0.3, -0.25) is 9.59 Å². The Balaban J connectivity index is 1.39. The van der Waals surface area contributed by atoms with Gasteiger partial charge in [0.1, 0.15) is 0 Å². The molecule has 0 unspecified atom stereocenters. The number of hydrogen-bond donors (Lipinski definition) is 2. The molecule has 0 aliphatic carbocycles. The van der Waals surface area contributed by atoms with Crippen LogP contribution in [0.1, 0.15) is 16.6 Å². The monoisotopic (exact) mass is 434 g/mol. The third kappa shape index (κ3) is 5.31. The smallest absolute Gasteiger partial charge is 0.265 e. The average Bonchev–Trinajstić information content (AvgIpc) is 3.26. The van der Waals surface area contributed by atoms with Crippen molar-refractivity contribution in [2.75, 3.05) is 48.8 Å². The van der Waals surface area contributed by atoms with E-state index < -0.39 is 0 Å². The van der Waals surface area contributed by atoms with Gasteiger partial charge >= 0.3 is 0 Å². The van der Waals surface area contributed by atoms with Crippen LogP contribution >= 0.6 is 11.3 Å². The molecular formula is C24H26N4O2S. The third-order valence-electron chi connectivity index (χ3n) is 5.31. The van der Waals surface area contributed by atoms with E-state index in [1.54, 1.807) is 24.3 Å². The molecule has 3 aromatic rings. The van der Waals surface area contributed by atoms with Crippen molar-refractivity contribution in [3.05, 3.63) is 65.5 Å². The van der Waals surface area contributed by atoms with Gasteiger partial charge in [-0.25, -0.2) is 0 Å². The predicted molar refractivity (Wildman–Crippen MR) is 128 cm³/mol. The number of anilines is 3. The number of nitrogens with one attached hydrogen (secondary N) is 2. The van der Waals surface area contributed by atoms with E-state index in [1.165, 1.54) is 23.9 Å². The number of rotatable bonds is 5. The SMILES string of the molecule is CC(=O)Nc1ccc(NC(=O)c2ccc(-c3ccc(N4CCN(C)CC4)cc3)s2)cc1. The highest BCUT2D eigenvalue weighted by atomic mass is 32.1. The molecule has 4 rings (SSSR count). The molecule has 7 heteroatoms. The van der Waals surface area contributed by atoms with Crippen molar-refractivity contribution in [2.24, 2.45) is 0 Å². The Morgan fingerprint density at radius 2 is 1.42 bits per heavy atom. The van der Waals surface area contributed by atoms with Crippen LogP contribution in [0.2, 0.25) is 0 Å². The molecule has 0 atom stereocenters. The van der Waals surface area contributed by atoms with Crippen LogP contribution in [-0.4, -0.2) is 49.9 Å². The highest BCUT2D eigenvalue weighted by Gasteiger charge is 2.15. The van der Waals surface area contributed by atoms with Crippen molar-refractivity contribution >= 4 is 40.2 Å². The molecule has 6 nitrogen and oxygen atoms in total. The molecule has 1 aliphatic heterocycles. The lowest BCUT2D eigenvalue weighted by Gasteiger charge is -2.34. The van der Waals surface area contributed by atoms with Gasteiger partial charge in [0.2, 0.25) is 5.91 Å². The first-order valence-corrected chi connectivity index (χ1v) is 11.1. The van der Waals surface area contributed by atoms with Crippen LogP contribution in [0.15, 0.2) is 60.7 Å². The van der Waals surface area contributed by atoms with E-state index in [-0.39, 0.29) is 11.8 Å². The molecule has 31 heavy (non-hydrogen) atoms. The number of hydrogen-bond acceptors (Lipinski definition) is 5. The van der Waals surface area contributed by atoms with E-state index in [9.17, 15) is 9.59 Å². The second kappa shape index (κ2) is 9.32. The number of likely N-dealkylation sites (N-methyl/N-ethyl adjacent to an activating group) is 1. The van der Waals surface area contributed by atoms with Crippen LogP contribution < -0.4 is 15.5 Å². The van der Waals surface area contributed by atoms with Gasteiger partial charge < -0.3 is 20.4 Å². The van der Waals surface area contributed by atoms with Crippen LogP contribution in [0.4, 0.5) is 17.1 Å². The van der Waals surface area contributed by atoms with Crippen LogP contribution in [0.5, 0.6) is 0 Å². The maximum atomic E-state index is 12.6. The van der Waals surface area contributed by atoms with E-state index in [0.717, 1.165) is 36.6 Å². The molecule has 0 bridgehead atoms. The van der Waals surface area contributed by atoms with Crippen molar-refractivity contribution in [1.29, 1.82) is 0 Å². The van der Waals surface area contributed by atoms with Crippen molar-refractivity contribution in [2.45, 2.75) is 6.92 Å². The number of piperazine rings is 1. The summed E-state index contributed by atoms with van der Waals surface area (Å²) in [5, 5.41) is 5.62. The Morgan fingerprint density at radius 1 is 0.806 bits per heavy atom. The highest BCUT2D eigenvalue weighted by molar-refractivity contribution is 7.17. The second-order valence-electron chi connectivity index (χ2n) is 7.71. The summed E-state index contributed by atoms with van der Waals surface area (Å²) in [6.07, 6.45) is 0. The van der Waals surface area contributed by atoms with E-state index in [0.29, 0.717) is 16.3 Å². The summed E-state index contributed by atoms with van der Waals surface area (Å²) in [7, 11) is 2.16. The first kappa shape index (κ1) is 21.1. The van der Waals surface area contributed by atoms with Crippen molar-refractivity contribution in [3.63, 3.8) is 0 Å². The predicted octanol–water partition coefficient (Wildman–Crippen LogP) is 4.38. The number of carbonyl (C=O) groups excluding carboxylic acids is 2. The van der Waals surface area contributed by atoms with E-state index in [4.69, 9.17) is 0 Å². The summed E-state index contributed by atoms with van der Waals surface area (Å²) in [6.45, 7) is 5.72. The minimum absolute atomic E-state index is 0.125. The summed E-state index contributed by atoms with van der Waals surface area (Å²) in [4.78, 5) is 30.2. The fourth-order valence-electron chi connectivity index (χ4n) is 3.55. The standard InChI is InChI=1S/C24H26N4O2S/c1-17(29)25-19-5-7-20(8-6-19)26-24(30)23-12-11-22(31-23)18-3-9-21(10-4-18)28-15-13-27(2)14-16-28/h3-12H,13-16H2,1-2H3,(H,25,29)(H,26,30). The van der Waals surface area contributed by atoms with E-state index >= 15 is 0 Å². The molecule has 1 aromatic heterocycles. The molecule has 0 saturated carbocycles. The molecule has 160 valence electrons. The van der Waals surface area contributed by atoms with Crippen molar-refractivity contribution in [1.82, 2.24) is 4.90 Å². The van der Waals surface area contributed by atoms with Gasteiger partial charge in [0.25, 0.3) is 5.91 Å². The molecule has 2 N–H and O–H groups in total. The van der Waals surface area contributed by atoms with E-state index in [2.05, 4.69) is 51.7 Å². The lowest BCUT2D eigenvalue weighted by molar-refractivity contribution is -0.114. The van der Waals surface area contributed by atoms with Crippen LogP contribution in [0, 0.1) is 0 Å². The topological polar surface area (TPSA) is 64.7 Å². The molecule has 2 amide bonds. The van der Waals surface area contributed by atoms with Crippen molar-refractivity contribution in [3.8, 4) is 10.4 Å². The highest BCUT2D eigenvalue weighted by Crippen LogP contribution is 2.30. The first-order chi connectivity index (χ1) is 15.0. The largest absolute Gasteiger partial charge is 0.369 e. The van der Waals surface area contributed by atoms with E-state index in [1.807, 2.05) is 12.1 Å². The van der Waals surface area contributed by atoms with Gasteiger partial charge in [-0.1, -0.05) is 12.1 Å². The third-order valence-corrected chi connectivity index (χ3v) is 6.45. The average molecular weight is 435 g/mol. The minimum atomic E-state index is -0.141. The molecule has 2 aromatic carbocycles. The lowest BCUT2D eigenvalue weighted by Crippen LogP contribution is -2.44. The number of amides is 2. The fourth-order valence-corrected chi connectivity index (χ4v) is 4.46. The van der Waals surface area contributed by atoms with Gasteiger partial charge in [0.15, 0.2) is 0 Å². The summed E-state index contributed by atoms with van der Waals surface area (Å²) in [5.74, 6) is -0.267. The quantitative estimate of drug-likeness (QED) is 0.626. The number of carbonyl (C=O) groups is 2. The minimum Gasteiger partial charge on any atom is -0.369 e. The number of nitrogens with zero attached hydrogens (tertiary/aromatic N) is 2. The summed E-state index contributed by atoms with van der Waals surface area (Å²) in [5.41, 5.74) is 3.74. The first-order valence-electron chi connectivity index (χ1n) is 10.3. The number of thiophene rings is 1. The normalized spacial score (nSPS) is 14.3. The Bertz CT molecular complexity index is 1050. The lowest BCUT2D eigenvalue weighted by atomic mass is 10.1. The Kier molecular flexibility index (Phi) is 6.34. The maximum Gasteiger partial charge on any atom is 0.265 e. The zero-order valence-electron chi connectivity index (χ0n) is 17.7. The Hall–Kier alpha value is -3.16. The van der Waals surface area contributed by atoms with Gasteiger partial charge in [-0.15, -0.1) is 11.3 Å². The molecule has 1 saturated heterocycles.